The van der Waals surface area contributed by atoms with Gasteiger partial charge in [0.15, 0.2) is 5.52 Å². The molecule has 0 fully saturated rings. The molecule has 0 aliphatic heterocycles. The number of rotatable bonds is 6. The molecule has 0 saturated carbocycles. The number of carbonyl (C=O) groups excluding carboxylic acids is 1. The van der Waals surface area contributed by atoms with Crippen molar-refractivity contribution in [2.45, 2.75) is 34.3 Å². The van der Waals surface area contributed by atoms with Gasteiger partial charge in [0.1, 0.15) is 12.4 Å². The molecule has 3 aromatic rings. The van der Waals surface area contributed by atoms with E-state index in [4.69, 9.17) is 4.74 Å². The standard InChI is InChI=1S/C24H25O2P.Li/c1-16-14-17(2)23(19(4)18(16)3)24(25)27-22-12-10-21(11-13-22)26-15-20-8-6-5-7-9-20;/h5-14,27H,15H2,1-4H3;/q;+1. The van der Waals surface area contributed by atoms with Crippen molar-refractivity contribution >= 4 is 19.4 Å². The summed E-state index contributed by atoms with van der Waals surface area (Å²) >= 11 is 0. The third-order valence-corrected chi connectivity index (χ3v) is 6.04. The Balaban J connectivity index is 0.00000280. The average Bonchev–Trinajstić information content (AvgIpc) is 2.66. The van der Waals surface area contributed by atoms with Crippen molar-refractivity contribution in [2.75, 3.05) is 0 Å². The van der Waals surface area contributed by atoms with E-state index in [9.17, 15) is 4.79 Å². The maximum Gasteiger partial charge on any atom is 1.00 e. The fourth-order valence-corrected chi connectivity index (χ4v) is 4.31. The van der Waals surface area contributed by atoms with Crippen LogP contribution in [0.3, 0.4) is 0 Å². The smallest absolute Gasteiger partial charge is 0.489 e. The number of ether oxygens (including phenoxy) is 1. The molecule has 0 aliphatic carbocycles. The Labute approximate surface area is 181 Å². The van der Waals surface area contributed by atoms with Gasteiger partial charge in [-0.1, -0.05) is 48.5 Å². The maximum atomic E-state index is 12.9. The van der Waals surface area contributed by atoms with Crippen LogP contribution in [0.5, 0.6) is 5.75 Å². The summed E-state index contributed by atoms with van der Waals surface area (Å²) in [6.45, 7) is 8.80. The summed E-state index contributed by atoms with van der Waals surface area (Å²) in [6, 6.07) is 20.1. The van der Waals surface area contributed by atoms with Gasteiger partial charge in [-0.05, 0) is 81.5 Å². The van der Waals surface area contributed by atoms with Gasteiger partial charge in [0.2, 0.25) is 0 Å². The molecule has 0 N–H and O–H groups in total. The molecule has 0 heterocycles. The molecule has 28 heavy (non-hydrogen) atoms. The van der Waals surface area contributed by atoms with E-state index < -0.39 is 0 Å². The second-order valence-corrected chi connectivity index (χ2v) is 8.17. The Morgan fingerprint density at radius 2 is 1.50 bits per heavy atom. The van der Waals surface area contributed by atoms with Crippen LogP contribution in [-0.4, -0.2) is 5.52 Å². The van der Waals surface area contributed by atoms with Crippen LogP contribution in [0.2, 0.25) is 0 Å². The van der Waals surface area contributed by atoms with E-state index in [-0.39, 0.29) is 33.0 Å². The summed E-state index contributed by atoms with van der Waals surface area (Å²) in [6.07, 6.45) is 0. The molecule has 0 radical (unpaired) electrons. The fraction of sp³-hybridized carbons (Fsp3) is 0.208. The van der Waals surface area contributed by atoms with Crippen LogP contribution in [0.4, 0.5) is 0 Å². The molecule has 0 amide bonds. The quantitative estimate of drug-likeness (QED) is 0.483. The maximum absolute atomic E-state index is 12.9. The van der Waals surface area contributed by atoms with E-state index in [0.29, 0.717) is 6.61 Å². The third-order valence-electron chi connectivity index (χ3n) is 4.94. The van der Waals surface area contributed by atoms with Crippen molar-refractivity contribution in [3.63, 3.8) is 0 Å². The van der Waals surface area contributed by atoms with Crippen LogP contribution >= 0.6 is 8.58 Å². The number of hydrogen-bond donors (Lipinski definition) is 0. The normalized spacial score (nSPS) is 10.7. The van der Waals surface area contributed by atoms with E-state index >= 15 is 0 Å². The van der Waals surface area contributed by atoms with Gasteiger partial charge in [0.05, 0.1) is 0 Å². The summed E-state index contributed by atoms with van der Waals surface area (Å²) in [5, 5.41) is 1.03. The largest absolute Gasteiger partial charge is 1.00 e. The monoisotopic (exact) mass is 383 g/mol. The van der Waals surface area contributed by atoms with E-state index in [1.807, 2.05) is 68.4 Å². The van der Waals surface area contributed by atoms with Crippen molar-refractivity contribution in [1.82, 2.24) is 0 Å². The van der Waals surface area contributed by atoms with Crippen molar-refractivity contribution in [3.8, 4) is 5.75 Å². The zero-order valence-corrected chi connectivity index (χ0v) is 18.3. The summed E-state index contributed by atoms with van der Waals surface area (Å²) in [5.74, 6) is 0.818. The van der Waals surface area contributed by atoms with Crippen LogP contribution in [0, 0.1) is 27.7 Å². The fourth-order valence-electron chi connectivity index (χ4n) is 3.20. The van der Waals surface area contributed by atoms with Gasteiger partial charge in [-0.2, -0.15) is 0 Å². The van der Waals surface area contributed by atoms with Gasteiger partial charge < -0.3 is 4.74 Å². The molecular formula is C24H25LiO2P+. The SMILES string of the molecule is Cc1cc(C)c(C(=O)Pc2ccc(OCc3ccccc3)cc2)c(C)c1C.[Li+]. The van der Waals surface area contributed by atoms with E-state index in [0.717, 1.165) is 33.3 Å². The second-order valence-electron chi connectivity index (χ2n) is 6.89. The second kappa shape index (κ2) is 10.1. The van der Waals surface area contributed by atoms with Crippen molar-refractivity contribution in [1.29, 1.82) is 0 Å². The average molecular weight is 383 g/mol. The first kappa shape index (κ1) is 22.4. The minimum absolute atomic E-state index is 0. The molecular weight excluding hydrogens is 358 g/mol. The molecule has 2 nitrogen and oxygen atoms in total. The van der Waals surface area contributed by atoms with E-state index in [1.165, 1.54) is 11.1 Å². The molecule has 0 aliphatic rings. The number of benzene rings is 3. The molecule has 3 aromatic carbocycles. The molecule has 138 valence electrons. The van der Waals surface area contributed by atoms with Crippen LogP contribution in [0.15, 0.2) is 60.7 Å². The Hall–Kier alpha value is -1.84. The molecule has 4 heteroatoms. The zero-order valence-electron chi connectivity index (χ0n) is 17.3. The van der Waals surface area contributed by atoms with Crippen LogP contribution in [0.25, 0.3) is 0 Å². The summed E-state index contributed by atoms with van der Waals surface area (Å²) in [4.78, 5) is 12.9. The molecule has 0 bridgehead atoms. The first-order valence-electron chi connectivity index (χ1n) is 9.11. The summed E-state index contributed by atoms with van der Waals surface area (Å²) in [7, 11) is 0.118. The first-order valence-corrected chi connectivity index (χ1v) is 10.1. The van der Waals surface area contributed by atoms with E-state index in [1.54, 1.807) is 0 Å². The van der Waals surface area contributed by atoms with Crippen LogP contribution < -0.4 is 28.9 Å². The predicted octanol–water partition coefficient (Wildman–Crippen LogP) is 2.65. The van der Waals surface area contributed by atoms with Gasteiger partial charge in [-0.3, -0.25) is 4.79 Å². The molecule has 1 atom stereocenters. The van der Waals surface area contributed by atoms with E-state index in [2.05, 4.69) is 19.9 Å². The van der Waals surface area contributed by atoms with Crippen molar-refractivity contribution < 1.29 is 28.4 Å². The Bertz CT molecular complexity index is 951. The van der Waals surface area contributed by atoms with Crippen molar-refractivity contribution in [3.05, 3.63) is 94.0 Å². The van der Waals surface area contributed by atoms with Gasteiger partial charge in [0.25, 0.3) is 0 Å². The minimum Gasteiger partial charge on any atom is -0.489 e. The van der Waals surface area contributed by atoms with Crippen LogP contribution in [-0.2, 0) is 6.61 Å². The Morgan fingerprint density at radius 3 is 2.14 bits per heavy atom. The molecule has 1 unspecified atom stereocenters. The van der Waals surface area contributed by atoms with Gasteiger partial charge in [0, 0.05) is 5.56 Å². The van der Waals surface area contributed by atoms with Crippen LogP contribution in [0.1, 0.15) is 38.2 Å². The Morgan fingerprint density at radius 1 is 0.857 bits per heavy atom. The first-order chi connectivity index (χ1) is 13.0. The Kier molecular flexibility index (Phi) is 8.08. The third kappa shape index (κ3) is 5.36. The topological polar surface area (TPSA) is 26.3 Å². The molecule has 0 saturated heterocycles. The summed E-state index contributed by atoms with van der Waals surface area (Å²) in [5.41, 5.74) is 6.83. The predicted molar refractivity (Wildman–Crippen MR) is 115 cm³/mol. The molecule has 0 spiro atoms. The number of carbonyl (C=O) groups is 1. The molecule has 3 rings (SSSR count). The number of aryl methyl sites for hydroxylation is 2. The minimum atomic E-state index is 0. The van der Waals surface area contributed by atoms with Gasteiger partial charge in [-0.15, -0.1) is 0 Å². The number of hydrogen-bond acceptors (Lipinski definition) is 2. The van der Waals surface area contributed by atoms with Gasteiger partial charge in [-0.25, -0.2) is 0 Å². The van der Waals surface area contributed by atoms with Gasteiger partial charge >= 0.3 is 18.9 Å². The summed E-state index contributed by atoms with van der Waals surface area (Å²) < 4.78 is 5.82. The molecule has 0 aromatic heterocycles. The zero-order chi connectivity index (χ0) is 19.4. The van der Waals surface area contributed by atoms with Crippen molar-refractivity contribution in [2.24, 2.45) is 0 Å².